The van der Waals surface area contributed by atoms with E-state index in [0.29, 0.717) is 26.3 Å². The van der Waals surface area contributed by atoms with Gasteiger partial charge in [0.15, 0.2) is 6.10 Å². The molecule has 7 heteroatoms. The van der Waals surface area contributed by atoms with E-state index in [1.54, 1.807) is 4.90 Å². The predicted octanol–water partition coefficient (Wildman–Crippen LogP) is 3.21. The summed E-state index contributed by atoms with van der Waals surface area (Å²) >= 11 is 1.84. The van der Waals surface area contributed by atoms with E-state index in [4.69, 9.17) is 9.47 Å². The summed E-state index contributed by atoms with van der Waals surface area (Å²) in [4.78, 5) is 23.7. The smallest absolute Gasteiger partial charge is 0.410 e. The molecule has 5 rings (SSSR count). The van der Waals surface area contributed by atoms with E-state index in [0.717, 1.165) is 25.2 Å². The Hall–Kier alpha value is -2.38. The highest BCUT2D eigenvalue weighted by molar-refractivity contribution is 7.13. The van der Waals surface area contributed by atoms with Gasteiger partial charge in [-0.15, -0.1) is 11.3 Å². The number of thiophene rings is 1. The molecule has 0 saturated carbocycles. The first-order valence-corrected chi connectivity index (χ1v) is 10.5. The van der Waals surface area contributed by atoms with E-state index in [1.165, 1.54) is 26.6 Å². The molecule has 2 aromatic heterocycles. The van der Waals surface area contributed by atoms with E-state index in [-0.39, 0.29) is 12.2 Å². The van der Waals surface area contributed by atoms with Gasteiger partial charge in [0.25, 0.3) is 0 Å². The highest BCUT2D eigenvalue weighted by Gasteiger charge is 2.29. The van der Waals surface area contributed by atoms with Gasteiger partial charge in [-0.3, -0.25) is 4.98 Å². The molecule has 28 heavy (non-hydrogen) atoms. The number of carbonyl (C=O) groups is 1. The maximum Gasteiger partial charge on any atom is 0.410 e. The summed E-state index contributed by atoms with van der Waals surface area (Å²) in [6.07, 6.45) is 4.79. The van der Waals surface area contributed by atoms with Crippen LogP contribution >= 0.6 is 11.3 Å². The van der Waals surface area contributed by atoms with Gasteiger partial charge in [0.05, 0.1) is 18.9 Å². The van der Waals surface area contributed by atoms with Gasteiger partial charge in [0, 0.05) is 59.8 Å². The third-order valence-corrected chi connectivity index (χ3v) is 6.61. The fourth-order valence-electron chi connectivity index (χ4n) is 3.88. The molecule has 2 fully saturated rings. The Kier molecular flexibility index (Phi) is 4.56. The van der Waals surface area contributed by atoms with Gasteiger partial charge in [0.1, 0.15) is 0 Å². The molecule has 2 saturated heterocycles. The first-order chi connectivity index (χ1) is 13.7. The summed E-state index contributed by atoms with van der Waals surface area (Å²) in [6, 6.07) is 6.47. The van der Waals surface area contributed by atoms with Crippen molar-refractivity contribution in [3.05, 3.63) is 45.4 Å². The molecule has 1 aliphatic carbocycles. The van der Waals surface area contributed by atoms with E-state index in [9.17, 15) is 4.79 Å². The molecular formula is C21H23N3O3S. The van der Waals surface area contributed by atoms with Crippen LogP contribution in [0.1, 0.15) is 21.0 Å². The number of anilines is 1. The number of piperazine rings is 1. The first kappa shape index (κ1) is 17.7. The predicted molar refractivity (Wildman–Crippen MR) is 110 cm³/mol. The average Bonchev–Trinajstić information content (AvgIpc) is 3.30. The standard InChI is InChI=1S/C21H23N3O3S/c1-14-2-3-20(28-14)15-10-17-18(11-15)22-5-4-19(17)23-6-8-24(9-7-23)21(25)27-16-12-26-13-16/h2-5,10,16H,6-9,11-13H2,1H3. The van der Waals surface area contributed by atoms with Crippen molar-refractivity contribution in [2.24, 2.45) is 0 Å². The second-order valence-electron chi connectivity index (χ2n) is 7.46. The fraction of sp³-hybridized carbons (Fsp3) is 0.429. The maximum absolute atomic E-state index is 12.2. The summed E-state index contributed by atoms with van der Waals surface area (Å²) in [5.41, 5.74) is 4.93. The molecule has 2 aromatic rings. The summed E-state index contributed by atoms with van der Waals surface area (Å²) in [7, 11) is 0. The van der Waals surface area contributed by atoms with Gasteiger partial charge in [-0.25, -0.2) is 4.79 Å². The maximum atomic E-state index is 12.2. The van der Waals surface area contributed by atoms with Crippen molar-refractivity contribution in [1.29, 1.82) is 0 Å². The number of amides is 1. The molecular weight excluding hydrogens is 374 g/mol. The van der Waals surface area contributed by atoms with Crippen molar-refractivity contribution in [3.8, 4) is 0 Å². The van der Waals surface area contributed by atoms with Crippen LogP contribution in [0.4, 0.5) is 10.5 Å². The Morgan fingerprint density at radius 1 is 1.21 bits per heavy atom. The van der Waals surface area contributed by atoms with Gasteiger partial charge in [-0.05, 0) is 36.8 Å². The number of hydrogen-bond donors (Lipinski definition) is 0. The normalized spacial score (nSPS) is 19.2. The van der Waals surface area contributed by atoms with Gasteiger partial charge in [-0.1, -0.05) is 0 Å². The minimum atomic E-state index is -0.219. The van der Waals surface area contributed by atoms with Crippen molar-refractivity contribution in [1.82, 2.24) is 9.88 Å². The Morgan fingerprint density at radius 2 is 2.04 bits per heavy atom. The van der Waals surface area contributed by atoms with Crippen LogP contribution in [0.2, 0.25) is 0 Å². The Labute approximate surface area is 168 Å². The lowest BCUT2D eigenvalue weighted by Gasteiger charge is -2.37. The number of nitrogens with zero attached hydrogens (tertiary/aromatic N) is 3. The molecule has 2 aliphatic heterocycles. The number of carbonyl (C=O) groups excluding carboxylic acids is 1. The molecule has 0 spiro atoms. The van der Waals surface area contributed by atoms with Crippen LogP contribution < -0.4 is 4.90 Å². The third kappa shape index (κ3) is 3.29. The molecule has 0 N–H and O–H groups in total. The summed E-state index contributed by atoms with van der Waals surface area (Å²) in [5.74, 6) is 0. The highest BCUT2D eigenvalue weighted by Crippen LogP contribution is 2.38. The highest BCUT2D eigenvalue weighted by atomic mass is 32.1. The number of fused-ring (bicyclic) bond motifs is 1. The second kappa shape index (κ2) is 7.22. The van der Waals surface area contributed by atoms with Crippen LogP contribution in [0.3, 0.4) is 0 Å². The zero-order chi connectivity index (χ0) is 19.1. The number of hydrogen-bond acceptors (Lipinski definition) is 6. The van der Waals surface area contributed by atoms with E-state index in [2.05, 4.69) is 41.1 Å². The molecule has 146 valence electrons. The van der Waals surface area contributed by atoms with Crippen molar-refractivity contribution in [2.45, 2.75) is 19.4 Å². The minimum Gasteiger partial charge on any atom is -0.441 e. The van der Waals surface area contributed by atoms with Crippen molar-refractivity contribution in [2.75, 3.05) is 44.3 Å². The molecule has 4 heterocycles. The van der Waals surface area contributed by atoms with E-state index >= 15 is 0 Å². The van der Waals surface area contributed by atoms with Gasteiger partial charge < -0.3 is 19.3 Å². The van der Waals surface area contributed by atoms with Crippen LogP contribution in [0, 0.1) is 6.92 Å². The lowest BCUT2D eigenvalue weighted by Crippen LogP contribution is -2.51. The summed E-state index contributed by atoms with van der Waals surface area (Å²) in [6.45, 7) is 6.12. The van der Waals surface area contributed by atoms with Crippen molar-refractivity contribution >= 4 is 34.8 Å². The Balaban J connectivity index is 1.29. The number of ether oxygens (including phenoxy) is 2. The van der Waals surface area contributed by atoms with E-state index in [1.807, 2.05) is 17.5 Å². The van der Waals surface area contributed by atoms with Crippen molar-refractivity contribution in [3.63, 3.8) is 0 Å². The first-order valence-electron chi connectivity index (χ1n) is 9.71. The lowest BCUT2D eigenvalue weighted by molar-refractivity contribution is -0.104. The quantitative estimate of drug-likeness (QED) is 0.796. The zero-order valence-corrected chi connectivity index (χ0v) is 16.7. The summed E-state index contributed by atoms with van der Waals surface area (Å²) < 4.78 is 10.5. The third-order valence-electron chi connectivity index (χ3n) is 5.54. The zero-order valence-electron chi connectivity index (χ0n) is 15.9. The van der Waals surface area contributed by atoms with Crippen molar-refractivity contribution < 1.29 is 14.3 Å². The van der Waals surface area contributed by atoms with Crippen LogP contribution in [0.25, 0.3) is 11.6 Å². The van der Waals surface area contributed by atoms with Crippen LogP contribution in [-0.4, -0.2) is 61.5 Å². The van der Waals surface area contributed by atoms with Gasteiger partial charge in [-0.2, -0.15) is 0 Å². The number of allylic oxidation sites excluding steroid dienone is 1. The molecule has 0 aromatic carbocycles. The number of pyridine rings is 1. The second-order valence-corrected chi connectivity index (χ2v) is 8.75. The van der Waals surface area contributed by atoms with E-state index < -0.39 is 0 Å². The van der Waals surface area contributed by atoms with Gasteiger partial charge >= 0.3 is 6.09 Å². The SMILES string of the molecule is Cc1ccc(C2=Cc3c(N4CCN(C(=O)OC5COC5)CC4)ccnc3C2)s1. The van der Waals surface area contributed by atoms with Crippen LogP contribution in [-0.2, 0) is 15.9 Å². The van der Waals surface area contributed by atoms with Gasteiger partial charge in [0.2, 0.25) is 0 Å². The molecule has 0 atom stereocenters. The number of aromatic nitrogens is 1. The lowest BCUT2D eigenvalue weighted by atomic mass is 10.1. The molecule has 0 unspecified atom stereocenters. The molecule has 0 radical (unpaired) electrons. The van der Waals surface area contributed by atoms with Crippen LogP contribution in [0.15, 0.2) is 24.4 Å². The molecule has 3 aliphatic rings. The minimum absolute atomic E-state index is 0.0709. The summed E-state index contributed by atoms with van der Waals surface area (Å²) in [5, 5.41) is 0. The fourth-order valence-corrected chi connectivity index (χ4v) is 4.76. The monoisotopic (exact) mass is 397 g/mol. The number of rotatable bonds is 3. The molecule has 0 bridgehead atoms. The number of aryl methyl sites for hydroxylation is 1. The Morgan fingerprint density at radius 3 is 2.71 bits per heavy atom. The Bertz CT molecular complexity index is 927. The molecule has 6 nitrogen and oxygen atoms in total. The topological polar surface area (TPSA) is 54.9 Å². The van der Waals surface area contributed by atoms with Crippen LogP contribution in [0.5, 0.6) is 0 Å². The molecule has 1 amide bonds. The largest absolute Gasteiger partial charge is 0.441 e. The average molecular weight is 398 g/mol.